The number of nitro benzene ring substituents is 1. The van der Waals surface area contributed by atoms with E-state index >= 15 is 0 Å². The van der Waals surface area contributed by atoms with E-state index < -0.39 is 4.92 Å². The summed E-state index contributed by atoms with van der Waals surface area (Å²) >= 11 is 0. The van der Waals surface area contributed by atoms with Crippen molar-refractivity contribution in [3.8, 4) is 17.2 Å². The van der Waals surface area contributed by atoms with E-state index in [4.69, 9.17) is 9.15 Å². The van der Waals surface area contributed by atoms with Gasteiger partial charge in [-0.15, -0.1) is 0 Å². The third-order valence-corrected chi connectivity index (χ3v) is 4.62. The number of nitro groups is 1. The van der Waals surface area contributed by atoms with Gasteiger partial charge in [-0.05, 0) is 49.4 Å². The molecule has 0 saturated carbocycles. The molecule has 4 aromatic rings. The molecule has 0 aliphatic rings. The molecule has 30 heavy (non-hydrogen) atoms. The number of rotatable bonds is 5. The number of hydrogen-bond donors (Lipinski definition) is 1. The van der Waals surface area contributed by atoms with Crippen LogP contribution < -0.4 is 10.1 Å². The van der Waals surface area contributed by atoms with Crippen molar-refractivity contribution in [3.05, 3.63) is 81.9 Å². The van der Waals surface area contributed by atoms with E-state index in [9.17, 15) is 14.9 Å². The van der Waals surface area contributed by atoms with Gasteiger partial charge in [-0.1, -0.05) is 6.07 Å². The van der Waals surface area contributed by atoms with Crippen molar-refractivity contribution in [2.24, 2.45) is 0 Å². The van der Waals surface area contributed by atoms with Gasteiger partial charge in [-0.25, -0.2) is 4.98 Å². The number of carbonyl (C=O) groups excluding carboxylic acids is 1. The molecule has 0 bridgehead atoms. The standard InChI is InChI=1S/C22H17N3O5/c1-13-10-14(6-8-19(13)25(27)28)21(26)23-16-5-3-4-15(11-16)22-24-18-12-17(29-2)7-9-20(18)30-22/h3-12H,1-2H3,(H,23,26). The van der Waals surface area contributed by atoms with Crippen molar-refractivity contribution in [2.75, 3.05) is 12.4 Å². The highest BCUT2D eigenvalue weighted by atomic mass is 16.6. The normalized spacial score (nSPS) is 10.7. The second kappa shape index (κ2) is 7.67. The van der Waals surface area contributed by atoms with Crippen LogP contribution in [0, 0.1) is 17.0 Å². The predicted molar refractivity (Wildman–Crippen MR) is 112 cm³/mol. The number of nitrogens with one attached hydrogen (secondary N) is 1. The zero-order chi connectivity index (χ0) is 21.3. The Kier molecular flexibility index (Phi) is 4.89. The van der Waals surface area contributed by atoms with E-state index in [-0.39, 0.29) is 11.6 Å². The molecule has 8 nitrogen and oxygen atoms in total. The molecule has 0 aliphatic carbocycles. The summed E-state index contributed by atoms with van der Waals surface area (Å²) < 4.78 is 11.0. The molecular weight excluding hydrogens is 386 g/mol. The smallest absolute Gasteiger partial charge is 0.272 e. The van der Waals surface area contributed by atoms with Gasteiger partial charge < -0.3 is 14.5 Å². The molecular formula is C22H17N3O5. The van der Waals surface area contributed by atoms with Gasteiger partial charge in [0.05, 0.1) is 12.0 Å². The first kappa shape index (κ1) is 19.1. The summed E-state index contributed by atoms with van der Waals surface area (Å²) in [6.45, 7) is 1.60. The zero-order valence-corrected chi connectivity index (χ0v) is 16.2. The Hall–Kier alpha value is -4.20. The Labute approximate surface area is 171 Å². The Morgan fingerprint density at radius 1 is 1.13 bits per heavy atom. The topological polar surface area (TPSA) is 108 Å². The summed E-state index contributed by atoms with van der Waals surface area (Å²) in [5.74, 6) is 0.731. The lowest BCUT2D eigenvalue weighted by Crippen LogP contribution is -2.12. The molecule has 1 amide bonds. The molecule has 1 heterocycles. The number of hydrogen-bond acceptors (Lipinski definition) is 6. The molecule has 1 N–H and O–H groups in total. The van der Waals surface area contributed by atoms with Crippen LogP contribution in [0.2, 0.25) is 0 Å². The van der Waals surface area contributed by atoms with Crippen LogP contribution in [0.3, 0.4) is 0 Å². The molecule has 1 aromatic heterocycles. The monoisotopic (exact) mass is 403 g/mol. The second-order valence-corrected chi connectivity index (χ2v) is 6.65. The van der Waals surface area contributed by atoms with E-state index in [1.807, 2.05) is 6.07 Å². The summed E-state index contributed by atoms with van der Waals surface area (Å²) in [5.41, 5.74) is 3.26. The first-order valence-corrected chi connectivity index (χ1v) is 9.06. The maximum absolute atomic E-state index is 12.6. The number of oxazole rings is 1. The van der Waals surface area contributed by atoms with Gasteiger partial charge in [0.25, 0.3) is 11.6 Å². The SMILES string of the molecule is COc1ccc2oc(-c3cccc(NC(=O)c4ccc([N+](=O)[O-])c(C)c4)c3)nc2c1. The lowest BCUT2D eigenvalue weighted by molar-refractivity contribution is -0.385. The number of aryl methyl sites for hydroxylation is 1. The average Bonchev–Trinajstić information content (AvgIpc) is 3.17. The van der Waals surface area contributed by atoms with Gasteiger partial charge >= 0.3 is 0 Å². The fraction of sp³-hybridized carbons (Fsp3) is 0.0909. The number of nitrogens with zero attached hydrogens (tertiary/aromatic N) is 2. The average molecular weight is 403 g/mol. The summed E-state index contributed by atoms with van der Waals surface area (Å²) in [5, 5.41) is 13.7. The Morgan fingerprint density at radius 3 is 2.70 bits per heavy atom. The number of methoxy groups -OCH3 is 1. The summed E-state index contributed by atoms with van der Waals surface area (Å²) in [6.07, 6.45) is 0. The quantitative estimate of drug-likeness (QED) is 0.372. The third-order valence-electron chi connectivity index (χ3n) is 4.62. The van der Waals surface area contributed by atoms with Crippen molar-refractivity contribution >= 4 is 28.4 Å². The van der Waals surface area contributed by atoms with Gasteiger partial charge in [0.1, 0.15) is 11.3 Å². The number of anilines is 1. The lowest BCUT2D eigenvalue weighted by Gasteiger charge is -2.07. The zero-order valence-electron chi connectivity index (χ0n) is 16.2. The minimum absolute atomic E-state index is 0.0267. The molecule has 0 saturated heterocycles. The highest BCUT2D eigenvalue weighted by Gasteiger charge is 2.15. The molecule has 3 aromatic carbocycles. The van der Waals surface area contributed by atoms with Gasteiger partial charge in [-0.3, -0.25) is 14.9 Å². The van der Waals surface area contributed by atoms with E-state index in [1.165, 1.54) is 18.2 Å². The number of fused-ring (bicyclic) bond motifs is 1. The predicted octanol–water partition coefficient (Wildman–Crippen LogP) is 4.97. The Bertz CT molecular complexity index is 1280. The second-order valence-electron chi connectivity index (χ2n) is 6.65. The molecule has 4 rings (SSSR count). The number of benzene rings is 3. The third kappa shape index (κ3) is 3.70. The Balaban J connectivity index is 1.58. The van der Waals surface area contributed by atoms with Crippen LogP contribution in [0.25, 0.3) is 22.6 Å². The van der Waals surface area contributed by atoms with Crippen molar-refractivity contribution in [2.45, 2.75) is 6.92 Å². The molecule has 0 unspecified atom stereocenters. The van der Waals surface area contributed by atoms with Crippen LogP contribution >= 0.6 is 0 Å². The van der Waals surface area contributed by atoms with E-state index in [2.05, 4.69) is 10.3 Å². The summed E-state index contributed by atoms with van der Waals surface area (Å²) in [7, 11) is 1.58. The fourth-order valence-electron chi connectivity index (χ4n) is 3.09. The first-order chi connectivity index (χ1) is 14.4. The summed E-state index contributed by atoms with van der Waals surface area (Å²) in [6, 6.07) is 16.7. The first-order valence-electron chi connectivity index (χ1n) is 9.06. The number of aromatic nitrogens is 1. The van der Waals surface area contributed by atoms with Crippen LogP contribution in [-0.2, 0) is 0 Å². The van der Waals surface area contributed by atoms with Gasteiger partial charge in [0, 0.05) is 34.5 Å². The van der Waals surface area contributed by atoms with Gasteiger partial charge in [0.15, 0.2) is 5.58 Å². The highest BCUT2D eigenvalue weighted by Crippen LogP contribution is 2.28. The lowest BCUT2D eigenvalue weighted by atomic mass is 10.1. The molecule has 0 radical (unpaired) electrons. The molecule has 0 atom stereocenters. The minimum Gasteiger partial charge on any atom is -0.497 e. The highest BCUT2D eigenvalue weighted by molar-refractivity contribution is 6.04. The van der Waals surface area contributed by atoms with Crippen LogP contribution in [0.15, 0.2) is 65.1 Å². The van der Waals surface area contributed by atoms with E-state index in [0.29, 0.717) is 45.1 Å². The summed E-state index contributed by atoms with van der Waals surface area (Å²) in [4.78, 5) is 27.5. The van der Waals surface area contributed by atoms with Crippen LogP contribution in [-0.4, -0.2) is 22.9 Å². The molecule has 0 fully saturated rings. The van der Waals surface area contributed by atoms with E-state index in [0.717, 1.165) is 0 Å². The van der Waals surface area contributed by atoms with Crippen LogP contribution in [0.4, 0.5) is 11.4 Å². The van der Waals surface area contributed by atoms with Crippen LogP contribution in [0.1, 0.15) is 15.9 Å². The number of amides is 1. The van der Waals surface area contributed by atoms with Crippen molar-refractivity contribution in [1.29, 1.82) is 0 Å². The molecule has 150 valence electrons. The number of carbonyl (C=O) groups is 1. The molecule has 0 spiro atoms. The number of ether oxygens (including phenoxy) is 1. The van der Waals surface area contributed by atoms with E-state index in [1.54, 1.807) is 50.4 Å². The van der Waals surface area contributed by atoms with Crippen molar-refractivity contribution in [1.82, 2.24) is 4.98 Å². The van der Waals surface area contributed by atoms with Crippen molar-refractivity contribution in [3.63, 3.8) is 0 Å². The molecule has 8 heteroatoms. The molecule has 0 aliphatic heterocycles. The van der Waals surface area contributed by atoms with Gasteiger partial charge in [-0.2, -0.15) is 0 Å². The van der Waals surface area contributed by atoms with Crippen LogP contribution in [0.5, 0.6) is 5.75 Å². The Morgan fingerprint density at radius 2 is 1.97 bits per heavy atom. The minimum atomic E-state index is -0.476. The maximum Gasteiger partial charge on any atom is 0.272 e. The fourth-order valence-corrected chi connectivity index (χ4v) is 3.09. The largest absolute Gasteiger partial charge is 0.497 e. The maximum atomic E-state index is 12.6. The van der Waals surface area contributed by atoms with Crippen molar-refractivity contribution < 1.29 is 18.9 Å². The van der Waals surface area contributed by atoms with Gasteiger partial charge in [0.2, 0.25) is 5.89 Å².